The third-order valence-electron chi connectivity index (χ3n) is 4.29. The summed E-state index contributed by atoms with van der Waals surface area (Å²) in [6.07, 6.45) is 2.04. The van der Waals surface area contributed by atoms with Gasteiger partial charge in [0.25, 0.3) is 11.8 Å². The number of hydrazine groups is 1. The summed E-state index contributed by atoms with van der Waals surface area (Å²) < 4.78 is 5.44. The zero-order chi connectivity index (χ0) is 18.4. The molecule has 1 heterocycles. The monoisotopic (exact) mass is 353 g/mol. The Morgan fingerprint density at radius 2 is 1.85 bits per heavy atom. The molecule has 6 heteroatoms. The van der Waals surface area contributed by atoms with Crippen molar-refractivity contribution in [2.24, 2.45) is 0 Å². The lowest BCUT2D eigenvalue weighted by atomic mass is 10.0. The average Bonchev–Trinajstić information content (AvgIpc) is 2.67. The molecule has 2 N–H and O–H groups in total. The van der Waals surface area contributed by atoms with Gasteiger partial charge in [-0.25, -0.2) is 0 Å². The average molecular weight is 353 g/mol. The summed E-state index contributed by atoms with van der Waals surface area (Å²) in [4.78, 5) is 26.6. The number of hydrogen-bond acceptors (Lipinski definition) is 4. The molecule has 2 amide bonds. The molecule has 2 aromatic rings. The summed E-state index contributed by atoms with van der Waals surface area (Å²) in [5, 5.41) is 0. The number of nitrogens with zero attached hydrogens (tertiary/aromatic N) is 1. The van der Waals surface area contributed by atoms with Gasteiger partial charge in [0.05, 0.1) is 18.7 Å². The fraction of sp³-hybridized carbons (Fsp3) is 0.300. The van der Waals surface area contributed by atoms with Crippen LogP contribution in [0.15, 0.2) is 48.5 Å². The summed E-state index contributed by atoms with van der Waals surface area (Å²) >= 11 is 0. The van der Waals surface area contributed by atoms with Gasteiger partial charge in [0, 0.05) is 12.2 Å². The number of aryl methyl sites for hydroxylation is 1. The third kappa shape index (κ3) is 4.14. The number of carbonyl (C=O) groups is 2. The minimum atomic E-state index is -0.401. The van der Waals surface area contributed by atoms with Crippen molar-refractivity contribution in [3.05, 3.63) is 59.7 Å². The predicted molar refractivity (Wildman–Crippen MR) is 100 cm³/mol. The molecular weight excluding hydrogens is 330 g/mol. The fourth-order valence-electron chi connectivity index (χ4n) is 3.12. The summed E-state index contributed by atoms with van der Waals surface area (Å²) in [6, 6.07) is 15.0. The zero-order valence-corrected chi connectivity index (χ0v) is 14.8. The molecule has 0 unspecified atom stereocenters. The maximum absolute atomic E-state index is 12.3. The Bertz CT molecular complexity index is 791. The van der Waals surface area contributed by atoms with Crippen LogP contribution in [0.1, 0.15) is 29.3 Å². The second-order valence-electron chi connectivity index (χ2n) is 6.09. The van der Waals surface area contributed by atoms with Gasteiger partial charge in [-0.1, -0.05) is 30.3 Å². The summed E-state index contributed by atoms with van der Waals surface area (Å²) in [7, 11) is 0. The second-order valence-corrected chi connectivity index (χ2v) is 6.09. The minimum absolute atomic E-state index is 0.199. The van der Waals surface area contributed by atoms with Gasteiger partial charge < -0.3 is 9.64 Å². The molecule has 136 valence electrons. The smallest absolute Gasteiger partial charge is 0.273 e. The van der Waals surface area contributed by atoms with Crippen LogP contribution in [-0.4, -0.2) is 31.5 Å². The maximum atomic E-state index is 12.3. The van der Waals surface area contributed by atoms with Crippen LogP contribution in [0.25, 0.3) is 0 Å². The molecule has 0 radical (unpaired) electrons. The van der Waals surface area contributed by atoms with Crippen molar-refractivity contribution in [1.29, 1.82) is 0 Å². The first-order valence-electron chi connectivity index (χ1n) is 8.83. The lowest BCUT2D eigenvalue weighted by Crippen LogP contribution is -2.47. The lowest BCUT2D eigenvalue weighted by molar-refractivity contribution is -0.120. The minimum Gasteiger partial charge on any atom is -0.493 e. The summed E-state index contributed by atoms with van der Waals surface area (Å²) in [5.74, 6) is -0.169. The quantitative estimate of drug-likeness (QED) is 0.809. The second kappa shape index (κ2) is 8.38. The van der Waals surface area contributed by atoms with Crippen molar-refractivity contribution < 1.29 is 14.3 Å². The van der Waals surface area contributed by atoms with Crippen LogP contribution in [0.4, 0.5) is 5.69 Å². The van der Waals surface area contributed by atoms with E-state index in [9.17, 15) is 9.59 Å². The molecule has 0 atom stereocenters. The highest BCUT2D eigenvalue weighted by Crippen LogP contribution is 2.26. The van der Waals surface area contributed by atoms with Crippen LogP contribution in [0.5, 0.6) is 5.75 Å². The predicted octanol–water partition coefficient (Wildman–Crippen LogP) is 2.30. The van der Waals surface area contributed by atoms with Crippen LogP contribution in [-0.2, 0) is 11.2 Å². The van der Waals surface area contributed by atoms with Gasteiger partial charge in [-0.05, 0) is 43.5 Å². The fourth-order valence-corrected chi connectivity index (χ4v) is 3.12. The summed E-state index contributed by atoms with van der Waals surface area (Å²) in [5.41, 5.74) is 7.68. The molecule has 0 aromatic heterocycles. The Morgan fingerprint density at radius 1 is 1.08 bits per heavy atom. The van der Waals surface area contributed by atoms with Gasteiger partial charge in [0.1, 0.15) is 5.75 Å². The van der Waals surface area contributed by atoms with Crippen LogP contribution >= 0.6 is 0 Å². The van der Waals surface area contributed by atoms with Gasteiger partial charge in [-0.2, -0.15) is 0 Å². The molecule has 0 saturated heterocycles. The first-order chi connectivity index (χ1) is 12.7. The molecule has 2 aromatic carbocycles. The number of nitrogens with one attached hydrogen (secondary N) is 2. The molecular formula is C20H23N3O3. The van der Waals surface area contributed by atoms with Crippen LogP contribution in [0.3, 0.4) is 0 Å². The number of ether oxygens (including phenoxy) is 1. The molecule has 0 saturated carbocycles. The number of amides is 2. The van der Waals surface area contributed by atoms with Gasteiger partial charge in [-0.15, -0.1) is 0 Å². The number of anilines is 1. The lowest BCUT2D eigenvalue weighted by Gasteiger charge is -2.30. The highest BCUT2D eigenvalue weighted by atomic mass is 16.5. The van der Waals surface area contributed by atoms with Crippen LogP contribution in [0, 0.1) is 0 Å². The van der Waals surface area contributed by atoms with E-state index in [4.69, 9.17) is 4.74 Å². The molecule has 3 rings (SSSR count). The third-order valence-corrected chi connectivity index (χ3v) is 4.29. The number of carbonyl (C=O) groups excluding carboxylic acids is 2. The van der Waals surface area contributed by atoms with Gasteiger partial charge >= 0.3 is 0 Å². The van der Waals surface area contributed by atoms with Crippen molar-refractivity contribution in [2.45, 2.75) is 19.8 Å². The highest BCUT2D eigenvalue weighted by Gasteiger charge is 2.19. The summed E-state index contributed by atoms with van der Waals surface area (Å²) in [6.45, 7) is 3.34. The number of benzene rings is 2. The Balaban J connectivity index is 1.58. The van der Waals surface area contributed by atoms with E-state index < -0.39 is 5.91 Å². The molecule has 26 heavy (non-hydrogen) atoms. The molecule has 0 aliphatic carbocycles. The number of hydrogen-bond donors (Lipinski definition) is 2. The number of para-hydroxylation sites is 2. The SMILES string of the molecule is CCOc1ccccc1C(=O)NNC(=O)CN1CCCc2ccccc21. The van der Waals surface area contributed by atoms with E-state index in [1.165, 1.54) is 5.56 Å². The van der Waals surface area contributed by atoms with Crippen molar-refractivity contribution >= 4 is 17.5 Å². The van der Waals surface area contributed by atoms with Crippen molar-refractivity contribution in [1.82, 2.24) is 10.9 Å². The van der Waals surface area contributed by atoms with Gasteiger partial charge in [-0.3, -0.25) is 20.4 Å². The van der Waals surface area contributed by atoms with Gasteiger partial charge in [0.2, 0.25) is 0 Å². The first kappa shape index (κ1) is 17.8. The van der Waals surface area contributed by atoms with Crippen LogP contribution < -0.4 is 20.5 Å². The van der Waals surface area contributed by atoms with E-state index >= 15 is 0 Å². The molecule has 1 aliphatic heterocycles. The van der Waals surface area contributed by atoms with Crippen molar-refractivity contribution in [2.75, 3.05) is 24.6 Å². The zero-order valence-electron chi connectivity index (χ0n) is 14.8. The number of fused-ring (bicyclic) bond motifs is 1. The maximum Gasteiger partial charge on any atom is 0.273 e. The van der Waals surface area contributed by atoms with E-state index in [1.807, 2.05) is 30.0 Å². The van der Waals surface area contributed by atoms with Crippen LogP contribution in [0.2, 0.25) is 0 Å². The van der Waals surface area contributed by atoms with E-state index in [2.05, 4.69) is 16.9 Å². The van der Waals surface area contributed by atoms with E-state index in [0.29, 0.717) is 17.9 Å². The van der Waals surface area contributed by atoms with E-state index in [0.717, 1.165) is 25.1 Å². The van der Waals surface area contributed by atoms with Gasteiger partial charge in [0.15, 0.2) is 0 Å². The topological polar surface area (TPSA) is 70.7 Å². The van der Waals surface area contributed by atoms with E-state index in [-0.39, 0.29) is 12.5 Å². The van der Waals surface area contributed by atoms with Crippen molar-refractivity contribution in [3.8, 4) is 5.75 Å². The van der Waals surface area contributed by atoms with Crippen molar-refractivity contribution in [3.63, 3.8) is 0 Å². The molecule has 0 fully saturated rings. The molecule has 1 aliphatic rings. The number of rotatable bonds is 5. The Labute approximate surface area is 153 Å². The standard InChI is InChI=1S/C20H23N3O3/c1-2-26-18-12-6-4-10-16(18)20(25)22-21-19(24)14-23-13-7-9-15-8-3-5-11-17(15)23/h3-6,8,10-12H,2,7,9,13-14H2,1H3,(H,21,24)(H,22,25). The first-order valence-corrected chi connectivity index (χ1v) is 8.83. The Hall–Kier alpha value is -3.02. The molecule has 6 nitrogen and oxygen atoms in total. The highest BCUT2D eigenvalue weighted by molar-refractivity contribution is 5.98. The van der Waals surface area contributed by atoms with E-state index in [1.54, 1.807) is 24.3 Å². The Morgan fingerprint density at radius 3 is 2.69 bits per heavy atom. The Kier molecular flexibility index (Phi) is 5.73. The normalized spacial score (nSPS) is 12.9. The molecule has 0 bridgehead atoms. The molecule has 0 spiro atoms. The largest absolute Gasteiger partial charge is 0.493 e.